The summed E-state index contributed by atoms with van der Waals surface area (Å²) >= 11 is 0. The van der Waals surface area contributed by atoms with Crippen molar-refractivity contribution in [3.8, 4) is 0 Å². The van der Waals surface area contributed by atoms with Crippen LogP contribution in [0.2, 0.25) is 0 Å². The Labute approximate surface area is 154 Å². The normalized spacial score (nSPS) is 35.6. The summed E-state index contributed by atoms with van der Waals surface area (Å²) < 4.78 is 24.7. The Kier molecular flexibility index (Phi) is 2.67. The number of hydrogen-bond donors (Lipinski definition) is 2. The van der Waals surface area contributed by atoms with Gasteiger partial charge in [-0.1, -0.05) is 5.16 Å². The van der Waals surface area contributed by atoms with E-state index in [-0.39, 0.29) is 6.04 Å². The zero-order valence-electron chi connectivity index (χ0n) is 14.6. The molecule has 1 aromatic heterocycles. The number of rotatable bonds is 2. The van der Waals surface area contributed by atoms with E-state index in [4.69, 9.17) is 15.0 Å². The number of anilines is 3. The van der Waals surface area contributed by atoms with E-state index in [1.165, 1.54) is 23.3 Å². The molecule has 1 aromatic carbocycles. The Morgan fingerprint density at radius 1 is 1.33 bits per heavy atom. The van der Waals surface area contributed by atoms with Crippen molar-refractivity contribution < 1.29 is 18.4 Å². The number of piperidine rings is 1. The molecule has 9 heteroatoms. The number of hydrogen-bond acceptors (Lipinski definition) is 7. The molecule has 2 unspecified atom stereocenters. The number of nitrogens with two attached hydrogens (primary N) is 1. The second-order valence-corrected chi connectivity index (χ2v) is 7.79. The third-order valence-electron chi connectivity index (χ3n) is 6.49. The van der Waals surface area contributed by atoms with Gasteiger partial charge in [0.25, 0.3) is 0 Å². The molecule has 4 heterocycles. The average molecular weight is 371 g/mol. The first-order chi connectivity index (χ1) is 13.0. The molecule has 0 radical (unpaired) electrons. The molecule has 0 bridgehead atoms. The highest BCUT2D eigenvalue weighted by molar-refractivity contribution is 5.97. The molecule has 27 heavy (non-hydrogen) atoms. The molecule has 3 fully saturated rings. The lowest BCUT2D eigenvalue weighted by Crippen LogP contribution is -2.53. The van der Waals surface area contributed by atoms with Gasteiger partial charge >= 0.3 is 6.09 Å². The minimum Gasteiger partial charge on any atom is -0.416 e. The molecule has 6 rings (SSSR count). The molecular formula is C18H18FN5O3. The van der Waals surface area contributed by atoms with Gasteiger partial charge in [0.2, 0.25) is 5.72 Å². The first-order valence-electron chi connectivity index (χ1n) is 9.05. The summed E-state index contributed by atoms with van der Waals surface area (Å²) in [5.41, 5.74) is 7.04. The molecule has 140 valence electrons. The van der Waals surface area contributed by atoms with Gasteiger partial charge in [0.1, 0.15) is 23.7 Å². The number of ether oxygens (including phenoxy) is 1. The second kappa shape index (κ2) is 4.72. The van der Waals surface area contributed by atoms with Gasteiger partial charge < -0.3 is 25.2 Å². The van der Waals surface area contributed by atoms with Crippen LogP contribution in [0.5, 0.6) is 0 Å². The predicted octanol–water partition coefficient (Wildman–Crippen LogP) is 1.83. The number of benzene rings is 1. The van der Waals surface area contributed by atoms with Crippen molar-refractivity contribution in [3.05, 3.63) is 35.8 Å². The van der Waals surface area contributed by atoms with Crippen LogP contribution in [0.4, 0.5) is 26.4 Å². The summed E-state index contributed by atoms with van der Waals surface area (Å²) in [7, 11) is 0. The van der Waals surface area contributed by atoms with E-state index in [0.29, 0.717) is 28.9 Å². The molecule has 3 N–H and O–H groups in total. The van der Waals surface area contributed by atoms with Crippen LogP contribution in [0.3, 0.4) is 0 Å². The largest absolute Gasteiger partial charge is 0.417 e. The van der Waals surface area contributed by atoms with Gasteiger partial charge in [-0.3, -0.25) is 4.90 Å². The molecule has 1 amide bonds. The van der Waals surface area contributed by atoms with Crippen LogP contribution in [0.1, 0.15) is 12.5 Å². The van der Waals surface area contributed by atoms with Crippen molar-refractivity contribution in [2.24, 2.45) is 17.6 Å². The molecule has 1 saturated carbocycles. The maximum Gasteiger partial charge on any atom is 0.417 e. The monoisotopic (exact) mass is 371 g/mol. The highest BCUT2D eigenvalue weighted by Gasteiger charge is 2.62. The number of nitrogens with zero attached hydrogens (tertiary/aromatic N) is 3. The average Bonchev–Trinajstić information content (AvgIpc) is 3.04. The lowest BCUT2D eigenvalue weighted by atomic mass is 9.91. The standard InChI is InChI=1S/C18H18FN5O3/c1-8-18(12-7-26-22-16(12)21-18)27-17(25)24(8)14-4-9(19)2-3-13(14)23-5-10-11(6-23)15(10)20/h2-4,7-8,10-11,15H,5-6,20H2,1H3,(H,21,22)/t8-,10+,11?,15?,18-/m1/s1. The quantitative estimate of drug-likeness (QED) is 0.831. The molecule has 8 nitrogen and oxygen atoms in total. The Bertz CT molecular complexity index is 968. The smallest absolute Gasteiger partial charge is 0.416 e. The molecule has 5 atom stereocenters. The number of carbonyl (C=O) groups is 1. The van der Waals surface area contributed by atoms with Gasteiger partial charge in [-0.15, -0.1) is 0 Å². The summed E-state index contributed by atoms with van der Waals surface area (Å²) in [4.78, 5) is 16.5. The Morgan fingerprint density at radius 3 is 2.85 bits per heavy atom. The van der Waals surface area contributed by atoms with Crippen LogP contribution in [-0.2, 0) is 10.5 Å². The molecule has 1 spiro atoms. The number of nitrogens with one attached hydrogen (secondary N) is 1. The van der Waals surface area contributed by atoms with Crippen molar-refractivity contribution >= 4 is 23.3 Å². The van der Waals surface area contributed by atoms with E-state index in [1.54, 1.807) is 6.07 Å². The zero-order chi connectivity index (χ0) is 18.5. The van der Waals surface area contributed by atoms with Gasteiger partial charge in [-0.2, -0.15) is 0 Å². The van der Waals surface area contributed by atoms with Crippen LogP contribution in [-0.4, -0.2) is 36.4 Å². The van der Waals surface area contributed by atoms with Crippen LogP contribution in [0.15, 0.2) is 29.0 Å². The number of halogens is 1. The fraction of sp³-hybridized carbons (Fsp3) is 0.444. The predicted molar refractivity (Wildman–Crippen MR) is 93.8 cm³/mol. The first kappa shape index (κ1) is 15.3. The van der Waals surface area contributed by atoms with Crippen molar-refractivity contribution in [2.45, 2.75) is 24.7 Å². The second-order valence-electron chi connectivity index (χ2n) is 7.79. The van der Waals surface area contributed by atoms with Crippen LogP contribution >= 0.6 is 0 Å². The van der Waals surface area contributed by atoms with Gasteiger partial charge in [0.15, 0.2) is 5.82 Å². The fourth-order valence-electron chi connectivity index (χ4n) is 4.83. The van der Waals surface area contributed by atoms with E-state index in [1.807, 2.05) is 6.92 Å². The molecule has 3 aliphatic heterocycles. The van der Waals surface area contributed by atoms with Crippen LogP contribution < -0.4 is 20.9 Å². The summed E-state index contributed by atoms with van der Waals surface area (Å²) in [6, 6.07) is 4.39. The van der Waals surface area contributed by atoms with Crippen LogP contribution in [0.25, 0.3) is 0 Å². The van der Waals surface area contributed by atoms with E-state index >= 15 is 0 Å². The van der Waals surface area contributed by atoms with Crippen molar-refractivity contribution in [1.82, 2.24) is 5.16 Å². The number of amides is 1. The highest BCUT2D eigenvalue weighted by atomic mass is 19.1. The van der Waals surface area contributed by atoms with Gasteiger partial charge in [0, 0.05) is 19.1 Å². The third-order valence-corrected chi connectivity index (χ3v) is 6.49. The first-order valence-corrected chi connectivity index (χ1v) is 9.05. The summed E-state index contributed by atoms with van der Waals surface area (Å²) in [6.45, 7) is 3.50. The number of carbonyl (C=O) groups excluding carboxylic acids is 1. The number of aromatic nitrogens is 1. The van der Waals surface area contributed by atoms with Crippen molar-refractivity contribution in [1.29, 1.82) is 0 Å². The summed E-state index contributed by atoms with van der Waals surface area (Å²) in [6.07, 6.45) is 0.941. The maximum atomic E-state index is 14.1. The van der Waals surface area contributed by atoms with E-state index in [9.17, 15) is 9.18 Å². The van der Waals surface area contributed by atoms with Gasteiger partial charge in [-0.25, -0.2) is 9.18 Å². The zero-order valence-corrected chi connectivity index (χ0v) is 14.6. The van der Waals surface area contributed by atoms with Crippen molar-refractivity contribution in [3.63, 3.8) is 0 Å². The third kappa shape index (κ3) is 1.79. The summed E-state index contributed by atoms with van der Waals surface area (Å²) in [5, 5.41) is 6.89. The molecule has 2 saturated heterocycles. The van der Waals surface area contributed by atoms with Crippen molar-refractivity contribution in [2.75, 3.05) is 28.2 Å². The fourth-order valence-corrected chi connectivity index (χ4v) is 4.83. The topological polar surface area (TPSA) is 96.9 Å². The molecule has 4 aliphatic rings. The highest BCUT2D eigenvalue weighted by Crippen LogP contribution is 2.52. The Balaban J connectivity index is 1.39. The van der Waals surface area contributed by atoms with Gasteiger partial charge in [0.05, 0.1) is 11.4 Å². The SMILES string of the molecule is C[C@H]1N(c2cc(F)ccc2N2CC3C(N)[C@H]3C2)C(=O)O[C@]12Nc1nocc12. The molecule has 1 aliphatic carbocycles. The Hall–Kier alpha value is -2.81. The summed E-state index contributed by atoms with van der Waals surface area (Å²) in [5.74, 6) is 1.11. The van der Waals surface area contributed by atoms with E-state index in [0.717, 1.165) is 18.8 Å². The molecular weight excluding hydrogens is 353 g/mol. The Morgan fingerprint density at radius 2 is 2.11 bits per heavy atom. The minimum absolute atomic E-state index is 0.260. The maximum absolute atomic E-state index is 14.1. The molecule has 2 aromatic rings. The van der Waals surface area contributed by atoms with E-state index in [2.05, 4.69) is 15.4 Å². The number of fused-ring (bicyclic) bond motifs is 3. The van der Waals surface area contributed by atoms with Crippen LogP contribution in [0, 0.1) is 17.7 Å². The lowest BCUT2D eigenvalue weighted by Gasteiger charge is -2.39. The lowest BCUT2D eigenvalue weighted by molar-refractivity contribution is 0.0490. The minimum atomic E-state index is -1.02. The van der Waals surface area contributed by atoms with Gasteiger partial charge in [-0.05, 0) is 37.0 Å². The van der Waals surface area contributed by atoms with E-state index < -0.39 is 23.7 Å².